The van der Waals surface area contributed by atoms with E-state index < -0.39 is 0 Å². The molecule has 0 bridgehead atoms. The van der Waals surface area contributed by atoms with Crippen molar-refractivity contribution >= 4 is 34.0 Å². The molecule has 156 valence electrons. The molecular weight excluding hydrogens is 404 g/mol. The number of hydrogen-bond acceptors (Lipinski definition) is 4. The van der Waals surface area contributed by atoms with Crippen molar-refractivity contribution in [2.75, 3.05) is 34.4 Å². The summed E-state index contributed by atoms with van der Waals surface area (Å²) in [5, 5.41) is 1.80. The minimum Gasteiger partial charge on any atom is -0.493 e. The molecule has 2 aromatic carbocycles. The smallest absolute Gasteiger partial charge is 0.254 e. The van der Waals surface area contributed by atoms with Crippen molar-refractivity contribution < 1.29 is 19.0 Å². The largest absolute Gasteiger partial charge is 0.493 e. The Labute approximate surface area is 180 Å². The second-order valence-electron chi connectivity index (χ2n) is 7.01. The van der Waals surface area contributed by atoms with E-state index in [1.54, 1.807) is 12.1 Å². The number of carbonyl (C=O) groups excluding carboxylic acids is 1. The summed E-state index contributed by atoms with van der Waals surface area (Å²) in [5.41, 5.74) is 3.77. The number of amides is 1. The van der Waals surface area contributed by atoms with E-state index in [2.05, 4.69) is 17.1 Å². The van der Waals surface area contributed by atoms with E-state index in [9.17, 15) is 4.79 Å². The molecule has 0 fully saturated rings. The predicted octanol–water partition coefficient (Wildman–Crippen LogP) is 4.78. The normalized spacial score (nSPS) is 13.9. The zero-order chi connectivity index (χ0) is 21.3. The molecule has 0 saturated heterocycles. The average Bonchev–Trinajstić information content (AvgIpc) is 3.23. The number of halogens is 1. The number of nitrogens with zero attached hydrogens (tertiary/aromatic N) is 1. The van der Waals surface area contributed by atoms with E-state index in [1.807, 2.05) is 23.2 Å². The third-order valence-corrected chi connectivity index (χ3v) is 5.73. The first-order valence-corrected chi connectivity index (χ1v) is 9.99. The van der Waals surface area contributed by atoms with Crippen LogP contribution in [0.3, 0.4) is 0 Å². The Kier molecular flexibility index (Phi) is 5.59. The standard InChI is InChI=1S/C23H23ClN2O4/c1-28-19-11-15(12-20(29-2)22(19)30-3)23(27)26-9-7-14(8-10-26)17-13-25-21-16(17)5-4-6-18(21)24/h4-7,11-13,25H,8-10H2,1-3H3. The van der Waals surface area contributed by atoms with Crippen LogP contribution in [0.15, 0.2) is 42.6 Å². The fourth-order valence-electron chi connectivity index (χ4n) is 3.87. The van der Waals surface area contributed by atoms with Crippen LogP contribution < -0.4 is 14.2 Å². The summed E-state index contributed by atoms with van der Waals surface area (Å²) in [6, 6.07) is 9.25. The molecule has 1 aliphatic rings. The number of ether oxygens (including phenoxy) is 3. The third-order valence-electron chi connectivity index (χ3n) is 5.42. The maximum Gasteiger partial charge on any atom is 0.254 e. The van der Waals surface area contributed by atoms with E-state index in [0.717, 1.165) is 22.9 Å². The van der Waals surface area contributed by atoms with Gasteiger partial charge in [-0.25, -0.2) is 0 Å². The number of nitrogens with one attached hydrogen (secondary N) is 1. The van der Waals surface area contributed by atoms with Crippen LogP contribution in [-0.2, 0) is 0 Å². The summed E-state index contributed by atoms with van der Waals surface area (Å²) >= 11 is 6.28. The molecule has 0 aliphatic carbocycles. The number of hydrogen-bond donors (Lipinski definition) is 1. The van der Waals surface area contributed by atoms with Crippen LogP contribution in [-0.4, -0.2) is 50.2 Å². The molecule has 1 aliphatic heterocycles. The molecule has 30 heavy (non-hydrogen) atoms. The van der Waals surface area contributed by atoms with Crippen LogP contribution >= 0.6 is 11.6 Å². The number of aromatic amines is 1. The topological polar surface area (TPSA) is 63.8 Å². The van der Waals surface area contributed by atoms with Crippen molar-refractivity contribution in [2.24, 2.45) is 0 Å². The Balaban J connectivity index is 1.58. The highest BCUT2D eigenvalue weighted by molar-refractivity contribution is 6.35. The first-order chi connectivity index (χ1) is 14.6. The van der Waals surface area contributed by atoms with Gasteiger partial charge in [-0.05, 0) is 30.2 Å². The Hall–Kier alpha value is -3.12. The zero-order valence-corrected chi connectivity index (χ0v) is 17.9. The monoisotopic (exact) mass is 426 g/mol. The molecular formula is C23H23ClN2O4. The van der Waals surface area contributed by atoms with Gasteiger partial charge < -0.3 is 24.1 Å². The molecule has 1 amide bonds. The molecule has 3 aromatic rings. The van der Waals surface area contributed by atoms with Gasteiger partial charge in [-0.15, -0.1) is 0 Å². The van der Waals surface area contributed by atoms with Gasteiger partial charge >= 0.3 is 0 Å². The van der Waals surface area contributed by atoms with E-state index in [-0.39, 0.29) is 5.91 Å². The summed E-state index contributed by atoms with van der Waals surface area (Å²) in [4.78, 5) is 18.2. The predicted molar refractivity (Wildman–Crippen MR) is 118 cm³/mol. The quantitative estimate of drug-likeness (QED) is 0.637. The SMILES string of the molecule is COc1cc(C(=O)N2CC=C(c3c[nH]c4c(Cl)cccc34)CC2)cc(OC)c1OC. The summed E-state index contributed by atoms with van der Waals surface area (Å²) in [6.45, 7) is 1.15. The summed E-state index contributed by atoms with van der Waals surface area (Å²) in [7, 11) is 4.61. The lowest BCUT2D eigenvalue weighted by atomic mass is 9.98. The molecule has 6 nitrogen and oxygen atoms in total. The van der Waals surface area contributed by atoms with Crippen LogP contribution in [0.25, 0.3) is 16.5 Å². The highest BCUT2D eigenvalue weighted by Crippen LogP contribution is 2.39. The summed E-state index contributed by atoms with van der Waals surface area (Å²) in [5.74, 6) is 1.31. The summed E-state index contributed by atoms with van der Waals surface area (Å²) in [6.07, 6.45) is 4.84. The number of benzene rings is 2. The number of methoxy groups -OCH3 is 3. The van der Waals surface area contributed by atoms with Crippen molar-refractivity contribution in [1.82, 2.24) is 9.88 Å². The minimum absolute atomic E-state index is 0.0773. The van der Waals surface area contributed by atoms with E-state index in [1.165, 1.54) is 26.9 Å². The molecule has 1 aromatic heterocycles. The maximum absolute atomic E-state index is 13.1. The van der Waals surface area contributed by atoms with Crippen molar-refractivity contribution in [2.45, 2.75) is 6.42 Å². The Bertz CT molecular complexity index is 1110. The Morgan fingerprint density at radius 1 is 1.10 bits per heavy atom. The first-order valence-electron chi connectivity index (χ1n) is 9.61. The van der Waals surface area contributed by atoms with E-state index in [4.69, 9.17) is 25.8 Å². The average molecular weight is 427 g/mol. The second-order valence-corrected chi connectivity index (χ2v) is 7.42. The number of carbonyl (C=O) groups is 1. The molecule has 4 rings (SSSR count). The third kappa shape index (κ3) is 3.48. The Morgan fingerprint density at radius 3 is 2.43 bits per heavy atom. The molecule has 0 saturated carbocycles. The molecule has 0 unspecified atom stereocenters. The highest BCUT2D eigenvalue weighted by Gasteiger charge is 2.23. The summed E-state index contributed by atoms with van der Waals surface area (Å²) < 4.78 is 16.1. The van der Waals surface area contributed by atoms with Crippen LogP contribution in [0, 0.1) is 0 Å². The Morgan fingerprint density at radius 2 is 1.83 bits per heavy atom. The van der Waals surface area contributed by atoms with Crippen LogP contribution in [0.2, 0.25) is 5.02 Å². The zero-order valence-electron chi connectivity index (χ0n) is 17.1. The van der Waals surface area contributed by atoms with E-state index >= 15 is 0 Å². The van der Waals surface area contributed by atoms with Gasteiger partial charge in [0.2, 0.25) is 5.75 Å². The molecule has 2 heterocycles. The molecule has 1 N–H and O–H groups in total. The van der Waals surface area contributed by atoms with E-state index in [0.29, 0.717) is 40.9 Å². The molecule has 0 atom stereocenters. The van der Waals surface area contributed by atoms with Crippen molar-refractivity contribution in [3.63, 3.8) is 0 Å². The van der Waals surface area contributed by atoms with Gasteiger partial charge in [0, 0.05) is 35.8 Å². The number of para-hydroxylation sites is 1. The molecule has 7 heteroatoms. The highest BCUT2D eigenvalue weighted by atomic mass is 35.5. The number of fused-ring (bicyclic) bond motifs is 1. The maximum atomic E-state index is 13.1. The minimum atomic E-state index is -0.0773. The lowest BCUT2D eigenvalue weighted by molar-refractivity contribution is 0.0772. The lowest BCUT2D eigenvalue weighted by Gasteiger charge is -2.27. The van der Waals surface area contributed by atoms with Gasteiger partial charge in [0.15, 0.2) is 11.5 Å². The van der Waals surface area contributed by atoms with Gasteiger partial charge in [-0.1, -0.05) is 29.8 Å². The fraction of sp³-hybridized carbons (Fsp3) is 0.261. The van der Waals surface area contributed by atoms with Crippen LogP contribution in [0.1, 0.15) is 22.3 Å². The first kappa shape index (κ1) is 20.2. The van der Waals surface area contributed by atoms with Crippen LogP contribution in [0.4, 0.5) is 0 Å². The second kappa shape index (κ2) is 8.32. The van der Waals surface area contributed by atoms with Crippen molar-refractivity contribution in [3.8, 4) is 17.2 Å². The molecule has 0 radical (unpaired) electrons. The fourth-order valence-corrected chi connectivity index (χ4v) is 4.10. The van der Waals surface area contributed by atoms with Crippen molar-refractivity contribution in [1.29, 1.82) is 0 Å². The van der Waals surface area contributed by atoms with Gasteiger partial charge in [0.05, 0.1) is 31.9 Å². The number of rotatable bonds is 5. The van der Waals surface area contributed by atoms with Gasteiger partial charge in [-0.2, -0.15) is 0 Å². The van der Waals surface area contributed by atoms with Crippen molar-refractivity contribution in [3.05, 3.63) is 58.8 Å². The molecule has 0 spiro atoms. The lowest BCUT2D eigenvalue weighted by Crippen LogP contribution is -2.34. The number of H-pyrrole nitrogens is 1. The van der Waals surface area contributed by atoms with Gasteiger partial charge in [0.1, 0.15) is 0 Å². The van der Waals surface area contributed by atoms with Gasteiger partial charge in [-0.3, -0.25) is 4.79 Å². The van der Waals surface area contributed by atoms with Crippen LogP contribution in [0.5, 0.6) is 17.2 Å². The number of aromatic nitrogens is 1. The van der Waals surface area contributed by atoms with Gasteiger partial charge in [0.25, 0.3) is 5.91 Å².